The van der Waals surface area contributed by atoms with Crippen molar-refractivity contribution in [3.8, 4) is 28.6 Å². The summed E-state index contributed by atoms with van der Waals surface area (Å²) >= 11 is 0. The summed E-state index contributed by atoms with van der Waals surface area (Å²) in [4.78, 5) is 7.22. The molecule has 0 saturated heterocycles. The zero-order valence-corrected chi connectivity index (χ0v) is 19.9. The van der Waals surface area contributed by atoms with Crippen molar-refractivity contribution in [1.82, 2.24) is 25.4 Å². The molecule has 7 heteroatoms. The summed E-state index contributed by atoms with van der Waals surface area (Å²) in [7, 11) is 3.93. The molecule has 34 heavy (non-hydrogen) atoms. The minimum absolute atomic E-state index is 0.336. The number of halogens is 1. The Morgan fingerprint density at radius 2 is 2.00 bits per heavy atom. The molecular weight excluding hydrogens is 427 g/mol. The fourth-order valence-electron chi connectivity index (χ4n) is 5.02. The Balaban J connectivity index is 1.69. The van der Waals surface area contributed by atoms with Gasteiger partial charge in [-0.15, -0.1) is 0 Å². The first-order valence-corrected chi connectivity index (χ1v) is 11.4. The number of likely N-dealkylation sites (N-methyl/N-ethyl adjacent to an activating group) is 1. The predicted octanol–water partition coefficient (Wildman–Crippen LogP) is 4.63. The van der Waals surface area contributed by atoms with Crippen molar-refractivity contribution in [2.45, 2.75) is 33.4 Å². The Kier molecular flexibility index (Phi) is 5.64. The van der Waals surface area contributed by atoms with Gasteiger partial charge in [-0.3, -0.25) is 5.10 Å². The van der Waals surface area contributed by atoms with Crippen LogP contribution in [0.3, 0.4) is 0 Å². The van der Waals surface area contributed by atoms with Crippen LogP contribution in [0, 0.1) is 31.0 Å². The van der Waals surface area contributed by atoms with Crippen LogP contribution in [0.5, 0.6) is 0 Å². The SMILES string of the molecule is CNCc1cc(C)c(-c2cc3c(-c4cc(C)c5c(n4)CN(C)CC5)n[nH]c3cc2C#N)c(F)c1. The van der Waals surface area contributed by atoms with Crippen LogP contribution >= 0.6 is 0 Å². The smallest absolute Gasteiger partial charge is 0.131 e. The van der Waals surface area contributed by atoms with Crippen LogP contribution < -0.4 is 5.32 Å². The number of aryl methyl sites for hydroxylation is 2. The molecule has 0 radical (unpaired) electrons. The van der Waals surface area contributed by atoms with Crippen molar-refractivity contribution < 1.29 is 4.39 Å². The number of aromatic nitrogens is 3. The number of nitriles is 1. The fourth-order valence-corrected chi connectivity index (χ4v) is 5.02. The lowest BCUT2D eigenvalue weighted by atomic mass is 9.92. The van der Waals surface area contributed by atoms with Crippen LogP contribution in [0.4, 0.5) is 4.39 Å². The van der Waals surface area contributed by atoms with E-state index in [1.807, 2.05) is 26.1 Å². The molecule has 0 unspecified atom stereocenters. The van der Waals surface area contributed by atoms with Crippen molar-refractivity contribution >= 4 is 10.9 Å². The number of pyridine rings is 1. The number of aromatic amines is 1. The highest BCUT2D eigenvalue weighted by Crippen LogP contribution is 2.36. The van der Waals surface area contributed by atoms with Crippen molar-refractivity contribution in [2.75, 3.05) is 20.6 Å². The van der Waals surface area contributed by atoms with Gasteiger partial charge in [0.2, 0.25) is 0 Å². The van der Waals surface area contributed by atoms with Gasteiger partial charge in [0, 0.05) is 36.1 Å². The quantitative estimate of drug-likeness (QED) is 0.470. The van der Waals surface area contributed by atoms with E-state index < -0.39 is 0 Å². The highest BCUT2D eigenvalue weighted by atomic mass is 19.1. The second-order valence-electron chi connectivity index (χ2n) is 9.16. The molecule has 0 bridgehead atoms. The van der Waals surface area contributed by atoms with Crippen LogP contribution in [0.1, 0.15) is 33.5 Å². The molecular formula is C27H27FN6. The van der Waals surface area contributed by atoms with E-state index in [2.05, 4.69) is 46.5 Å². The summed E-state index contributed by atoms with van der Waals surface area (Å²) < 4.78 is 15.3. The first-order valence-electron chi connectivity index (χ1n) is 11.4. The first-order chi connectivity index (χ1) is 16.4. The van der Waals surface area contributed by atoms with E-state index >= 15 is 4.39 Å². The number of nitrogens with one attached hydrogen (secondary N) is 2. The Morgan fingerprint density at radius 3 is 2.74 bits per heavy atom. The van der Waals surface area contributed by atoms with Gasteiger partial charge in [-0.1, -0.05) is 6.07 Å². The van der Waals surface area contributed by atoms with Crippen molar-refractivity contribution in [2.24, 2.45) is 0 Å². The largest absolute Gasteiger partial charge is 0.316 e. The van der Waals surface area contributed by atoms with Gasteiger partial charge in [0.25, 0.3) is 0 Å². The summed E-state index contributed by atoms with van der Waals surface area (Å²) in [6, 6.07) is 11.4. The number of fused-ring (bicyclic) bond motifs is 2. The summed E-state index contributed by atoms with van der Waals surface area (Å²) in [6.07, 6.45) is 0.990. The van der Waals surface area contributed by atoms with Crippen LogP contribution in [0.25, 0.3) is 33.4 Å². The topological polar surface area (TPSA) is 80.6 Å². The van der Waals surface area contributed by atoms with Gasteiger partial charge in [-0.25, -0.2) is 9.37 Å². The zero-order valence-electron chi connectivity index (χ0n) is 19.9. The molecule has 4 aromatic rings. The minimum Gasteiger partial charge on any atom is -0.316 e. The molecule has 2 N–H and O–H groups in total. The van der Waals surface area contributed by atoms with Crippen molar-refractivity contribution in [3.63, 3.8) is 0 Å². The van der Waals surface area contributed by atoms with E-state index in [4.69, 9.17) is 4.98 Å². The second kappa shape index (κ2) is 8.64. The van der Waals surface area contributed by atoms with Crippen LogP contribution in [0.15, 0.2) is 30.3 Å². The zero-order chi connectivity index (χ0) is 24.0. The van der Waals surface area contributed by atoms with E-state index in [1.165, 1.54) is 17.2 Å². The highest BCUT2D eigenvalue weighted by molar-refractivity contribution is 5.97. The Bertz CT molecular complexity index is 1440. The lowest BCUT2D eigenvalue weighted by Crippen LogP contribution is -2.28. The normalized spacial score (nSPS) is 13.8. The van der Waals surface area contributed by atoms with Crippen molar-refractivity contribution in [1.29, 1.82) is 5.26 Å². The maximum Gasteiger partial charge on any atom is 0.131 e. The third-order valence-electron chi connectivity index (χ3n) is 6.66. The van der Waals surface area contributed by atoms with Gasteiger partial charge >= 0.3 is 0 Å². The molecule has 3 heterocycles. The third-order valence-corrected chi connectivity index (χ3v) is 6.66. The molecule has 172 valence electrons. The molecule has 0 atom stereocenters. The van der Waals surface area contributed by atoms with E-state index in [0.29, 0.717) is 28.9 Å². The van der Waals surface area contributed by atoms with Crippen LogP contribution in [-0.2, 0) is 19.5 Å². The summed E-state index contributed by atoms with van der Waals surface area (Å²) in [6.45, 7) is 6.41. The Labute approximate surface area is 198 Å². The molecule has 0 spiro atoms. The van der Waals surface area contributed by atoms with E-state index in [-0.39, 0.29) is 5.82 Å². The Hall–Kier alpha value is -3.60. The first kappa shape index (κ1) is 22.2. The molecule has 1 aliphatic rings. The number of hydrogen-bond acceptors (Lipinski definition) is 5. The van der Waals surface area contributed by atoms with E-state index in [0.717, 1.165) is 52.9 Å². The number of rotatable bonds is 4. The van der Waals surface area contributed by atoms with Gasteiger partial charge < -0.3 is 10.2 Å². The van der Waals surface area contributed by atoms with Gasteiger partial charge in [0.05, 0.1) is 28.5 Å². The molecule has 6 nitrogen and oxygen atoms in total. The Morgan fingerprint density at radius 1 is 1.18 bits per heavy atom. The molecule has 0 fully saturated rings. The lowest BCUT2D eigenvalue weighted by Gasteiger charge is -2.25. The number of H-pyrrole nitrogens is 1. The van der Waals surface area contributed by atoms with Gasteiger partial charge in [0.15, 0.2) is 0 Å². The average Bonchev–Trinajstić information content (AvgIpc) is 3.20. The van der Waals surface area contributed by atoms with E-state index in [1.54, 1.807) is 6.07 Å². The number of nitrogens with zero attached hydrogens (tertiary/aromatic N) is 4. The van der Waals surface area contributed by atoms with Crippen LogP contribution in [-0.4, -0.2) is 40.7 Å². The molecule has 0 saturated carbocycles. The summed E-state index contributed by atoms with van der Waals surface area (Å²) in [5, 5.41) is 21.3. The number of benzene rings is 2. The fraction of sp³-hybridized carbons (Fsp3) is 0.296. The number of hydrogen-bond donors (Lipinski definition) is 2. The van der Waals surface area contributed by atoms with Crippen LogP contribution in [0.2, 0.25) is 0 Å². The molecule has 5 rings (SSSR count). The third kappa shape index (κ3) is 3.75. The second-order valence-corrected chi connectivity index (χ2v) is 9.16. The molecule has 0 amide bonds. The highest BCUT2D eigenvalue weighted by Gasteiger charge is 2.22. The van der Waals surface area contributed by atoms with Gasteiger partial charge in [-0.2, -0.15) is 10.4 Å². The maximum absolute atomic E-state index is 15.3. The van der Waals surface area contributed by atoms with Gasteiger partial charge in [0.1, 0.15) is 11.5 Å². The summed E-state index contributed by atoms with van der Waals surface area (Å²) in [5.74, 6) is -0.336. The maximum atomic E-state index is 15.3. The van der Waals surface area contributed by atoms with Gasteiger partial charge in [-0.05, 0) is 80.9 Å². The molecule has 0 aliphatic carbocycles. The van der Waals surface area contributed by atoms with E-state index in [9.17, 15) is 5.26 Å². The standard InChI is InChI=1S/C27H27FN6/c1-15-8-24(31-25-14-34(4)6-5-19(15)25)27-21-11-20(18(12-29)10-23(21)32-33-27)26-16(2)7-17(13-30-3)9-22(26)28/h7-11,30H,5-6,13-14H2,1-4H3,(H,32,33). The average molecular weight is 455 g/mol. The predicted molar refractivity (Wildman–Crippen MR) is 132 cm³/mol. The van der Waals surface area contributed by atoms with Crippen molar-refractivity contribution in [3.05, 3.63) is 69.7 Å². The molecule has 1 aliphatic heterocycles. The summed E-state index contributed by atoms with van der Waals surface area (Å²) in [5.41, 5.74) is 8.90. The minimum atomic E-state index is -0.336. The molecule has 2 aromatic carbocycles. The monoisotopic (exact) mass is 454 g/mol. The lowest BCUT2D eigenvalue weighted by molar-refractivity contribution is 0.307. The molecule has 2 aromatic heterocycles.